The van der Waals surface area contributed by atoms with Crippen LogP contribution < -0.4 is 5.32 Å². The van der Waals surface area contributed by atoms with E-state index in [0.717, 1.165) is 31.3 Å². The minimum Gasteiger partial charge on any atom is -0.298 e. The number of pyridine rings is 1. The van der Waals surface area contributed by atoms with Gasteiger partial charge < -0.3 is 0 Å². The lowest BCUT2D eigenvalue weighted by Gasteiger charge is -2.03. The van der Waals surface area contributed by atoms with Gasteiger partial charge in [-0.05, 0) is 24.3 Å². The second-order valence-electron chi connectivity index (χ2n) is 5.50. The largest absolute Gasteiger partial charge is 0.298 e. The Bertz CT molecular complexity index is 1260. The molecule has 5 nitrogen and oxygen atoms in total. The van der Waals surface area contributed by atoms with Gasteiger partial charge in [0.15, 0.2) is 5.13 Å². The fourth-order valence-corrected chi connectivity index (χ4v) is 4.44. The Kier molecular flexibility index (Phi) is 3.22. The quantitative estimate of drug-likeness (QED) is 0.494. The molecule has 120 valence electrons. The molecule has 0 aliphatic rings. The first-order valence-corrected chi connectivity index (χ1v) is 9.26. The summed E-state index contributed by atoms with van der Waals surface area (Å²) in [4.78, 5) is 25.8. The molecule has 0 saturated heterocycles. The monoisotopic (exact) mass is 362 g/mol. The first kappa shape index (κ1) is 14.4. The lowest BCUT2D eigenvalue weighted by Crippen LogP contribution is -2.11. The molecule has 0 atom stereocenters. The Labute approximate surface area is 150 Å². The molecule has 0 spiro atoms. The third kappa shape index (κ3) is 2.45. The number of aromatic nitrogens is 3. The van der Waals surface area contributed by atoms with Crippen molar-refractivity contribution in [2.45, 2.75) is 0 Å². The molecule has 0 aliphatic heterocycles. The van der Waals surface area contributed by atoms with Gasteiger partial charge in [0, 0.05) is 11.6 Å². The van der Waals surface area contributed by atoms with E-state index in [0.29, 0.717) is 10.7 Å². The predicted molar refractivity (Wildman–Crippen MR) is 102 cm³/mol. The zero-order valence-electron chi connectivity index (χ0n) is 12.8. The fourth-order valence-electron chi connectivity index (χ4n) is 2.73. The number of nitrogens with one attached hydrogen (secondary N) is 1. The highest BCUT2D eigenvalue weighted by molar-refractivity contribution is 7.24. The molecule has 0 saturated carbocycles. The zero-order chi connectivity index (χ0) is 16.8. The first-order valence-electron chi connectivity index (χ1n) is 7.57. The zero-order valence-corrected chi connectivity index (χ0v) is 14.4. The van der Waals surface area contributed by atoms with Gasteiger partial charge in [0.1, 0.15) is 5.52 Å². The van der Waals surface area contributed by atoms with Crippen LogP contribution in [-0.2, 0) is 0 Å². The molecule has 5 aromatic rings. The summed E-state index contributed by atoms with van der Waals surface area (Å²) in [5.41, 5.74) is 4.98. The van der Waals surface area contributed by atoms with Gasteiger partial charge in [0.25, 0.3) is 5.91 Å². The number of carbonyl (C=O) groups is 1. The van der Waals surface area contributed by atoms with Crippen LogP contribution in [0.4, 0.5) is 5.13 Å². The van der Waals surface area contributed by atoms with E-state index in [1.54, 1.807) is 17.5 Å². The molecule has 3 aromatic heterocycles. The average molecular weight is 362 g/mol. The second kappa shape index (κ2) is 5.58. The van der Waals surface area contributed by atoms with Crippen LogP contribution >= 0.6 is 22.7 Å². The Morgan fingerprint density at radius 2 is 1.96 bits per heavy atom. The standard InChI is InChI=1S/C18H10N4OS2/c23-17(11-7-10-3-1-2-4-12(10)19-8-11)22-18-21-13-5-6-14-15(16(13)25-18)20-9-24-14/h1-9H,(H,21,22,23). The van der Waals surface area contributed by atoms with Crippen molar-refractivity contribution in [2.24, 2.45) is 0 Å². The van der Waals surface area contributed by atoms with Gasteiger partial charge in [0.2, 0.25) is 0 Å². The molecule has 1 amide bonds. The third-order valence-electron chi connectivity index (χ3n) is 3.93. The Balaban J connectivity index is 1.51. The summed E-state index contributed by atoms with van der Waals surface area (Å²) in [6.07, 6.45) is 1.59. The second-order valence-corrected chi connectivity index (χ2v) is 7.39. The molecule has 1 N–H and O–H groups in total. The number of fused-ring (bicyclic) bond motifs is 4. The highest BCUT2D eigenvalue weighted by atomic mass is 32.1. The molecule has 2 aromatic carbocycles. The van der Waals surface area contributed by atoms with E-state index in [2.05, 4.69) is 20.3 Å². The van der Waals surface area contributed by atoms with Crippen molar-refractivity contribution in [3.05, 3.63) is 59.7 Å². The number of para-hydroxylation sites is 1. The van der Waals surface area contributed by atoms with Gasteiger partial charge in [-0.15, -0.1) is 11.3 Å². The number of hydrogen-bond donors (Lipinski definition) is 1. The summed E-state index contributed by atoms with van der Waals surface area (Å²) in [7, 11) is 0. The predicted octanol–water partition coefficient (Wildman–Crippen LogP) is 4.71. The maximum absolute atomic E-state index is 12.6. The molecule has 7 heteroatoms. The normalized spacial score (nSPS) is 11.4. The molecular weight excluding hydrogens is 352 g/mol. The average Bonchev–Trinajstić information content (AvgIpc) is 3.26. The summed E-state index contributed by atoms with van der Waals surface area (Å²) < 4.78 is 2.11. The number of benzene rings is 2. The molecular formula is C18H10N4OS2. The minimum atomic E-state index is -0.216. The Morgan fingerprint density at radius 1 is 1.04 bits per heavy atom. The highest BCUT2D eigenvalue weighted by Crippen LogP contribution is 2.33. The lowest BCUT2D eigenvalue weighted by molar-refractivity contribution is 0.102. The molecule has 5 rings (SSSR count). The summed E-state index contributed by atoms with van der Waals surface area (Å²) in [5.74, 6) is -0.216. The van der Waals surface area contributed by atoms with Gasteiger partial charge in [-0.2, -0.15) is 0 Å². The Hall–Kier alpha value is -2.90. The van der Waals surface area contributed by atoms with Crippen LogP contribution in [0.2, 0.25) is 0 Å². The smallest absolute Gasteiger partial charge is 0.259 e. The first-order chi connectivity index (χ1) is 12.3. The summed E-state index contributed by atoms with van der Waals surface area (Å²) in [6, 6.07) is 13.5. The topological polar surface area (TPSA) is 67.8 Å². The molecule has 0 aliphatic carbocycles. The van der Waals surface area contributed by atoms with Crippen LogP contribution in [0.3, 0.4) is 0 Å². The number of hydrogen-bond acceptors (Lipinski definition) is 6. The van der Waals surface area contributed by atoms with Crippen LogP contribution in [0.25, 0.3) is 31.3 Å². The van der Waals surface area contributed by atoms with Crippen LogP contribution in [0, 0.1) is 0 Å². The van der Waals surface area contributed by atoms with Crippen molar-refractivity contribution < 1.29 is 4.79 Å². The molecule has 0 bridgehead atoms. The maximum Gasteiger partial charge on any atom is 0.259 e. The number of amides is 1. The van der Waals surface area contributed by atoms with Crippen LogP contribution in [0.1, 0.15) is 10.4 Å². The van der Waals surface area contributed by atoms with E-state index in [4.69, 9.17) is 0 Å². The van der Waals surface area contributed by atoms with E-state index in [-0.39, 0.29) is 5.91 Å². The number of nitrogens with zero attached hydrogens (tertiary/aromatic N) is 3. The van der Waals surface area contributed by atoms with E-state index in [1.165, 1.54) is 11.3 Å². The number of rotatable bonds is 2. The van der Waals surface area contributed by atoms with Crippen LogP contribution in [0.15, 0.2) is 54.2 Å². The van der Waals surface area contributed by atoms with E-state index < -0.39 is 0 Å². The molecule has 0 unspecified atom stereocenters. The van der Waals surface area contributed by atoms with Crippen molar-refractivity contribution in [3.8, 4) is 0 Å². The summed E-state index contributed by atoms with van der Waals surface area (Å²) in [6.45, 7) is 0. The fraction of sp³-hybridized carbons (Fsp3) is 0. The molecule has 25 heavy (non-hydrogen) atoms. The molecule has 0 fully saturated rings. The van der Waals surface area contributed by atoms with Crippen LogP contribution in [-0.4, -0.2) is 20.9 Å². The van der Waals surface area contributed by atoms with E-state index in [1.807, 2.05) is 48.0 Å². The van der Waals surface area contributed by atoms with Gasteiger partial charge in [-0.25, -0.2) is 9.97 Å². The van der Waals surface area contributed by atoms with Gasteiger partial charge in [-0.1, -0.05) is 29.5 Å². The molecule has 3 heterocycles. The third-order valence-corrected chi connectivity index (χ3v) is 5.72. The van der Waals surface area contributed by atoms with Crippen molar-refractivity contribution >= 4 is 65.0 Å². The van der Waals surface area contributed by atoms with Crippen molar-refractivity contribution in [1.29, 1.82) is 0 Å². The van der Waals surface area contributed by atoms with Gasteiger partial charge in [-0.3, -0.25) is 15.1 Å². The molecule has 0 radical (unpaired) electrons. The van der Waals surface area contributed by atoms with E-state index >= 15 is 0 Å². The number of anilines is 1. The number of carbonyl (C=O) groups excluding carboxylic acids is 1. The minimum absolute atomic E-state index is 0.216. The summed E-state index contributed by atoms with van der Waals surface area (Å²) in [5, 5.41) is 4.37. The van der Waals surface area contributed by atoms with Gasteiger partial charge >= 0.3 is 0 Å². The highest BCUT2D eigenvalue weighted by Gasteiger charge is 2.13. The van der Waals surface area contributed by atoms with Crippen molar-refractivity contribution in [3.63, 3.8) is 0 Å². The Morgan fingerprint density at radius 3 is 2.92 bits per heavy atom. The number of thiazole rings is 2. The summed E-state index contributed by atoms with van der Waals surface area (Å²) >= 11 is 3.03. The maximum atomic E-state index is 12.6. The van der Waals surface area contributed by atoms with Crippen molar-refractivity contribution in [2.75, 3.05) is 5.32 Å². The van der Waals surface area contributed by atoms with Crippen molar-refractivity contribution in [1.82, 2.24) is 15.0 Å². The van der Waals surface area contributed by atoms with Gasteiger partial charge in [0.05, 0.1) is 31.5 Å². The lowest BCUT2D eigenvalue weighted by atomic mass is 10.1. The van der Waals surface area contributed by atoms with Crippen LogP contribution in [0.5, 0.6) is 0 Å². The van der Waals surface area contributed by atoms with E-state index in [9.17, 15) is 4.79 Å². The SMILES string of the molecule is O=C(Nc1nc2ccc3scnc3c2s1)c1cnc2ccccc2c1.